The lowest BCUT2D eigenvalue weighted by Crippen LogP contribution is -2.25. The van der Waals surface area contributed by atoms with Gasteiger partial charge in [0.05, 0.1) is 0 Å². The summed E-state index contributed by atoms with van der Waals surface area (Å²) in [5.74, 6) is 0. The highest BCUT2D eigenvalue weighted by Crippen LogP contribution is 2.04. The molecule has 0 amide bonds. The summed E-state index contributed by atoms with van der Waals surface area (Å²) in [5.41, 5.74) is 0.952. The lowest BCUT2D eigenvalue weighted by molar-refractivity contribution is 0.686. The fourth-order valence-electron chi connectivity index (χ4n) is 1.26. The first kappa shape index (κ1) is 10.6. The van der Waals surface area contributed by atoms with Gasteiger partial charge in [-0.1, -0.05) is 49.1 Å². The number of hydrogen-bond donors (Lipinski definition) is 1. The van der Waals surface area contributed by atoms with Gasteiger partial charge < -0.3 is 5.32 Å². The van der Waals surface area contributed by atoms with Gasteiger partial charge >= 0.3 is 0 Å². The van der Waals surface area contributed by atoms with Crippen molar-refractivity contribution < 1.29 is 0 Å². The number of nitrogens with one attached hydrogen (secondary N) is 1. The summed E-state index contributed by atoms with van der Waals surface area (Å²) < 4.78 is 0. The fraction of sp³-hybridized carbons (Fsp3) is 0.231. The molecule has 1 rings (SSSR count). The van der Waals surface area contributed by atoms with Crippen molar-refractivity contribution >= 4 is 0 Å². The molecular formula is C13H17N. The highest BCUT2D eigenvalue weighted by atomic mass is 14.9. The van der Waals surface area contributed by atoms with Crippen LogP contribution in [0.4, 0.5) is 0 Å². The van der Waals surface area contributed by atoms with Gasteiger partial charge in [-0.15, -0.1) is 0 Å². The van der Waals surface area contributed by atoms with Crippen molar-refractivity contribution in [3.63, 3.8) is 0 Å². The van der Waals surface area contributed by atoms with Gasteiger partial charge in [-0.05, 0) is 19.4 Å². The molecule has 1 aliphatic carbocycles. The summed E-state index contributed by atoms with van der Waals surface area (Å²) in [4.78, 5) is 0. The first-order chi connectivity index (χ1) is 6.83. The van der Waals surface area contributed by atoms with Crippen LogP contribution in [0.25, 0.3) is 0 Å². The maximum Gasteiger partial charge on any atom is 0.0481 e. The fourth-order valence-corrected chi connectivity index (χ4v) is 1.26. The second-order valence-corrected chi connectivity index (χ2v) is 3.21. The maximum atomic E-state index is 3.93. The Morgan fingerprint density at radius 2 is 2.29 bits per heavy atom. The third-order valence-electron chi connectivity index (χ3n) is 1.95. The SMILES string of the molecule is C=C(/C=C\C=C/C)NC1C=CC=CC1. The van der Waals surface area contributed by atoms with Gasteiger partial charge in [0.2, 0.25) is 0 Å². The Labute approximate surface area is 86.2 Å². The van der Waals surface area contributed by atoms with E-state index in [9.17, 15) is 0 Å². The van der Waals surface area contributed by atoms with E-state index < -0.39 is 0 Å². The Morgan fingerprint density at radius 1 is 1.43 bits per heavy atom. The van der Waals surface area contributed by atoms with E-state index >= 15 is 0 Å². The Bertz CT molecular complexity index is 292. The van der Waals surface area contributed by atoms with Crippen molar-refractivity contribution in [2.24, 2.45) is 0 Å². The Morgan fingerprint density at radius 3 is 2.93 bits per heavy atom. The van der Waals surface area contributed by atoms with Crippen molar-refractivity contribution in [3.05, 3.63) is 60.9 Å². The van der Waals surface area contributed by atoms with E-state index in [2.05, 4.69) is 36.2 Å². The summed E-state index contributed by atoms with van der Waals surface area (Å²) >= 11 is 0. The molecule has 1 aliphatic rings. The highest BCUT2D eigenvalue weighted by molar-refractivity contribution is 5.21. The second kappa shape index (κ2) is 6.03. The second-order valence-electron chi connectivity index (χ2n) is 3.21. The van der Waals surface area contributed by atoms with Crippen LogP contribution in [0.3, 0.4) is 0 Å². The average molecular weight is 187 g/mol. The smallest absolute Gasteiger partial charge is 0.0481 e. The number of hydrogen-bond acceptors (Lipinski definition) is 1. The van der Waals surface area contributed by atoms with Crippen LogP contribution in [-0.2, 0) is 0 Å². The molecule has 0 spiro atoms. The van der Waals surface area contributed by atoms with Crippen LogP contribution in [0.15, 0.2) is 60.9 Å². The van der Waals surface area contributed by atoms with Gasteiger partial charge in [0.1, 0.15) is 0 Å². The van der Waals surface area contributed by atoms with Gasteiger partial charge in [-0.25, -0.2) is 0 Å². The van der Waals surface area contributed by atoms with Crippen molar-refractivity contribution in [2.75, 3.05) is 0 Å². The molecule has 14 heavy (non-hydrogen) atoms. The zero-order chi connectivity index (χ0) is 10.2. The van der Waals surface area contributed by atoms with Crippen LogP contribution in [0.1, 0.15) is 13.3 Å². The van der Waals surface area contributed by atoms with Gasteiger partial charge in [-0.2, -0.15) is 0 Å². The molecule has 1 unspecified atom stereocenters. The Kier molecular flexibility index (Phi) is 4.56. The number of allylic oxidation sites excluding steroid dienone is 6. The van der Waals surface area contributed by atoms with Crippen molar-refractivity contribution in [2.45, 2.75) is 19.4 Å². The Balaban J connectivity index is 2.33. The lowest BCUT2D eigenvalue weighted by Gasteiger charge is -2.16. The summed E-state index contributed by atoms with van der Waals surface area (Å²) in [5, 5.41) is 3.32. The molecule has 1 atom stereocenters. The monoisotopic (exact) mass is 187 g/mol. The molecule has 0 aromatic heterocycles. The molecule has 0 fully saturated rings. The van der Waals surface area contributed by atoms with E-state index in [4.69, 9.17) is 0 Å². The largest absolute Gasteiger partial charge is 0.379 e. The number of rotatable bonds is 4. The van der Waals surface area contributed by atoms with Crippen LogP contribution in [0, 0.1) is 0 Å². The predicted molar refractivity (Wildman–Crippen MR) is 62.9 cm³/mol. The van der Waals surface area contributed by atoms with E-state index in [0.29, 0.717) is 6.04 Å². The van der Waals surface area contributed by atoms with Crippen molar-refractivity contribution in [3.8, 4) is 0 Å². The summed E-state index contributed by atoms with van der Waals surface area (Å²) in [6.45, 7) is 5.93. The minimum atomic E-state index is 0.391. The molecule has 74 valence electrons. The average Bonchev–Trinajstić information content (AvgIpc) is 2.20. The molecule has 0 heterocycles. The highest BCUT2D eigenvalue weighted by Gasteiger charge is 2.02. The van der Waals surface area contributed by atoms with Crippen LogP contribution in [0.2, 0.25) is 0 Å². The predicted octanol–water partition coefficient (Wildman–Crippen LogP) is 3.11. The van der Waals surface area contributed by atoms with Crippen LogP contribution < -0.4 is 5.32 Å². The lowest BCUT2D eigenvalue weighted by atomic mass is 10.1. The topological polar surface area (TPSA) is 12.0 Å². The zero-order valence-corrected chi connectivity index (χ0v) is 8.61. The molecular weight excluding hydrogens is 170 g/mol. The molecule has 1 N–H and O–H groups in total. The minimum Gasteiger partial charge on any atom is -0.379 e. The first-order valence-corrected chi connectivity index (χ1v) is 4.91. The van der Waals surface area contributed by atoms with E-state index in [1.807, 2.05) is 31.2 Å². The molecule has 0 saturated carbocycles. The van der Waals surface area contributed by atoms with Crippen molar-refractivity contribution in [1.82, 2.24) is 5.32 Å². The third-order valence-corrected chi connectivity index (χ3v) is 1.95. The molecule has 0 radical (unpaired) electrons. The zero-order valence-electron chi connectivity index (χ0n) is 8.61. The maximum absolute atomic E-state index is 3.93. The molecule has 0 bridgehead atoms. The first-order valence-electron chi connectivity index (χ1n) is 4.91. The van der Waals surface area contributed by atoms with Gasteiger partial charge in [0.15, 0.2) is 0 Å². The quantitative estimate of drug-likeness (QED) is 0.667. The molecule has 1 heteroatoms. The molecule has 0 aromatic rings. The normalized spacial score (nSPS) is 20.8. The summed E-state index contributed by atoms with van der Waals surface area (Å²) in [6, 6.07) is 0.391. The van der Waals surface area contributed by atoms with Gasteiger partial charge in [0.25, 0.3) is 0 Å². The van der Waals surface area contributed by atoms with Crippen LogP contribution in [0.5, 0.6) is 0 Å². The standard InChI is InChI=1S/C13H17N/c1-3-4-6-9-12(2)14-13-10-7-5-8-11-13/h3-10,13-14H,2,11H2,1H3/b4-3-,9-6-. The van der Waals surface area contributed by atoms with Crippen LogP contribution >= 0.6 is 0 Å². The van der Waals surface area contributed by atoms with E-state index in [1.54, 1.807) is 0 Å². The van der Waals surface area contributed by atoms with Gasteiger partial charge in [-0.3, -0.25) is 0 Å². The molecule has 0 aliphatic heterocycles. The van der Waals surface area contributed by atoms with E-state index in [-0.39, 0.29) is 0 Å². The van der Waals surface area contributed by atoms with E-state index in [1.165, 1.54) is 0 Å². The summed E-state index contributed by atoms with van der Waals surface area (Å²) in [6.07, 6.45) is 17.4. The Hall–Kier alpha value is -1.50. The van der Waals surface area contributed by atoms with Crippen LogP contribution in [-0.4, -0.2) is 6.04 Å². The molecule has 0 aromatic carbocycles. The van der Waals surface area contributed by atoms with E-state index in [0.717, 1.165) is 12.1 Å². The molecule has 0 saturated heterocycles. The third kappa shape index (κ3) is 3.94. The van der Waals surface area contributed by atoms with Gasteiger partial charge in [0, 0.05) is 11.7 Å². The summed E-state index contributed by atoms with van der Waals surface area (Å²) in [7, 11) is 0. The minimum absolute atomic E-state index is 0.391. The molecule has 1 nitrogen and oxygen atoms in total. The van der Waals surface area contributed by atoms with Crippen molar-refractivity contribution in [1.29, 1.82) is 0 Å².